The summed E-state index contributed by atoms with van der Waals surface area (Å²) < 4.78 is 5.90. The monoisotopic (exact) mass is 303 g/mol. The zero-order valence-electron chi connectivity index (χ0n) is 11.3. The van der Waals surface area contributed by atoms with Gasteiger partial charge in [0, 0.05) is 18.5 Å². The van der Waals surface area contributed by atoms with Crippen molar-refractivity contribution in [1.82, 2.24) is 15.3 Å². The van der Waals surface area contributed by atoms with Crippen molar-refractivity contribution in [3.05, 3.63) is 50.0 Å². The summed E-state index contributed by atoms with van der Waals surface area (Å²) in [5, 5.41) is 2.73. The lowest BCUT2D eigenvalue weighted by Crippen LogP contribution is -2.23. The molecule has 21 heavy (non-hydrogen) atoms. The quantitative estimate of drug-likeness (QED) is 0.631. The Hall–Kier alpha value is -2.41. The molecule has 0 bridgehead atoms. The van der Waals surface area contributed by atoms with Gasteiger partial charge < -0.3 is 15.0 Å². The van der Waals surface area contributed by atoms with Gasteiger partial charge in [0.25, 0.3) is 11.5 Å². The second-order valence-corrected chi connectivity index (χ2v) is 5.08. The molecule has 0 aliphatic carbocycles. The number of hydrogen-bond acceptors (Lipinski definition) is 4. The smallest absolute Gasteiger partial charge is 0.259 e. The van der Waals surface area contributed by atoms with Crippen LogP contribution in [0.3, 0.4) is 0 Å². The van der Waals surface area contributed by atoms with E-state index >= 15 is 0 Å². The number of carbonyl (C=O) groups excluding carboxylic acids is 1. The average Bonchev–Trinajstić information content (AvgIpc) is 2.45. The van der Waals surface area contributed by atoms with Crippen molar-refractivity contribution in [1.29, 1.82) is 0 Å². The number of carbonyl (C=O) groups is 1. The SMILES string of the molecule is CCNC(=O)c1ccc2c(c1)Oc1[nH]c(=S)[nH]c(=O)c1C2. The fourth-order valence-corrected chi connectivity index (χ4v) is 2.42. The Morgan fingerprint density at radius 3 is 3.00 bits per heavy atom. The zero-order chi connectivity index (χ0) is 15.0. The summed E-state index contributed by atoms with van der Waals surface area (Å²) in [7, 11) is 0. The molecule has 0 radical (unpaired) electrons. The van der Waals surface area contributed by atoms with Gasteiger partial charge in [-0.3, -0.25) is 14.6 Å². The van der Waals surface area contributed by atoms with Crippen LogP contribution in [0.15, 0.2) is 23.0 Å². The number of hydrogen-bond donors (Lipinski definition) is 3. The van der Waals surface area contributed by atoms with Gasteiger partial charge in [-0.15, -0.1) is 0 Å². The van der Waals surface area contributed by atoms with E-state index in [1.165, 1.54) is 0 Å². The molecule has 6 nitrogen and oxygen atoms in total. The predicted molar refractivity (Wildman–Crippen MR) is 79.6 cm³/mol. The first kappa shape index (κ1) is 13.6. The lowest BCUT2D eigenvalue weighted by atomic mass is 10.0. The third-order valence-electron chi connectivity index (χ3n) is 3.25. The minimum atomic E-state index is -0.257. The van der Waals surface area contributed by atoms with Crippen LogP contribution in [0.4, 0.5) is 0 Å². The summed E-state index contributed by atoms with van der Waals surface area (Å²) >= 11 is 4.93. The molecule has 3 N–H and O–H groups in total. The van der Waals surface area contributed by atoms with Gasteiger partial charge in [-0.2, -0.15) is 0 Å². The maximum Gasteiger partial charge on any atom is 0.259 e. The Morgan fingerprint density at radius 2 is 2.24 bits per heavy atom. The molecule has 1 aliphatic heterocycles. The fraction of sp³-hybridized carbons (Fsp3) is 0.214. The van der Waals surface area contributed by atoms with Gasteiger partial charge in [-0.05, 0) is 36.8 Å². The summed E-state index contributed by atoms with van der Waals surface area (Å²) in [5.41, 5.74) is 1.61. The van der Waals surface area contributed by atoms with Crippen molar-refractivity contribution in [3.63, 3.8) is 0 Å². The molecule has 0 fully saturated rings. The molecular weight excluding hydrogens is 290 g/mol. The fourth-order valence-electron chi connectivity index (χ4n) is 2.24. The molecule has 0 unspecified atom stereocenters. The van der Waals surface area contributed by atoms with Gasteiger partial charge in [-0.25, -0.2) is 0 Å². The van der Waals surface area contributed by atoms with Crippen LogP contribution in [-0.4, -0.2) is 22.4 Å². The molecule has 0 saturated heterocycles. The highest BCUT2D eigenvalue weighted by Gasteiger charge is 2.21. The molecule has 0 saturated carbocycles. The molecule has 2 aromatic rings. The second-order valence-electron chi connectivity index (χ2n) is 4.68. The maximum absolute atomic E-state index is 11.9. The topological polar surface area (TPSA) is 87.0 Å². The first-order valence-electron chi connectivity index (χ1n) is 6.53. The molecule has 7 heteroatoms. The van der Waals surface area contributed by atoms with Crippen molar-refractivity contribution in [3.8, 4) is 11.6 Å². The third kappa shape index (κ3) is 2.47. The van der Waals surface area contributed by atoms with E-state index in [0.29, 0.717) is 35.7 Å². The number of H-pyrrole nitrogens is 2. The Kier molecular flexibility index (Phi) is 3.34. The van der Waals surface area contributed by atoms with Crippen LogP contribution in [0.25, 0.3) is 0 Å². The van der Waals surface area contributed by atoms with Crippen LogP contribution in [0, 0.1) is 4.77 Å². The van der Waals surface area contributed by atoms with E-state index in [9.17, 15) is 9.59 Å². The number of fused-ring (bicyclic) bond motifs is 2. The Bertz CT molecular complexity index is 838. The van der Waals surface area contributed by atoms with Gasteiger partial charge in [0.1, 0.15) is 5.75 Å². The third-order valence-corrected chi connectivity index (χ3v) is 3.45. The predicted octanol–water partition coefficient (Wildman–Crippen LogP) is 1.88. The van der Waals surface area contributed by atoms with Gasteiger partial charge in [0.05, 0.1) is 5.56 Å². The molecule has 1 aromatic carbocycles. The normalized spacial score (nSPS) is 12.0. The number of rotatable bonds is 2. The van der Waals surface area contributed by atoms with Crippen molar-refractivity contribution >= 4 is 18.1 Å². The highest BCUT2D eigenvalue weighted by Crippen LogP contribution is 2.33. The standard InChI is InChI=1S/C14H13N3O3S/c1-2-15-11(18)8-4-3-7-5-9-12(19)16-14(21)17-13(9)20-10(7)6-8/h3-4,6H,2,5H2,1H3,(H,15,18)(H2,16,17,19,21). The lowest BCUT2D eigenvalue weighted by Gasteiger charge is -2.19. The van der Waals surface area contributed by atoms with Crippen LogP contribution < -0.4 is 15.6 Å². The lowest BCUT2D eigenvalue weighted by molar-refractivity contribution is 0.0955. The molecule has 108 valence electrons. The maximum atomic E-state index is 11.9. The summed E-state index contributed by atoms with van der Waals surface area (Å²) in [6.45, 7) is 2.41. The molecule has 3 rings (SSSR count). The van der Waals surface area contributed by atoms with Gasteiger partial charge in [-0.1, -0.05) is 6.07 Å². The highest BCUT2D eigenvalue weighted by atomic mass is 32.1. The zero-order valence-corrected chi connectivity index (χ0v) is 12.1. The highest BCUT2D eigenvalue weighted by molar-refractivity contribution is 7.71. The van der Waals surface area contributed by atoms with Crippen LogP contribution in [0.1, 0.15) is 28.4 Å². The van der Waals surface area contributed by atoms with E-state index < -0.39 is 0 Å². The molecule has 1 aromatic heterocycles. The van der Waals surface area contributed by atoms with E-state index in [1.807, 2.05) is 6.92 Å². The number of aromatic amines is 2. The van der Waals surface area contributed by atoms with Crippen molar-refractivity contribution < 1.29 is 9.53 Å². The second kappa shape index (κ2) is 5.17. The van der Waals surface area contributed by atoms with Crippen LogP contribution >= 0.6 is 12.2 Å². The van der Waals surface area contributed by atoms with E-state index in [0.717, 1.165) is 5.56 Å². The first-order chi connectivity index (χ1) is 10.1. The summed E-state index contributed by atoms with van der Waals surface area (Å²) in [6, 6.07) is 5.18. The average molecular weight is 303 g/mol. The molecule has 1 aliphatic rings. The van der Waals surface area contributed by atoms with Crippen molar-refractivity contribution in [2.75, 3.05) is 6.54 Å². The van der Waals surface area contributed by atoms with Crippen molar-refractivity contribution in [2.45, 2.75) is 13.3 Å². The Balaban J connectivity index is 2.02. The van der Waals surface area contributed by atoms with Crippen LogP contribution in [0.5, 0.6) is 11.6 Å². The molecule has 0 spiro atoms. The van der Waals surface area contributed by atoms with Gasteiger partial charge >= 0.3 is 0 Å². The number of ether oxygens (including phenoxy) is 1. The number of aromatic nitrogens is 2. The van der Waals surface area contributed by atoms with Gasteiger partial charge in [0.15, 0.2) is 4.77 Å². The Morgan fingerprint density at radius 1 is 1.43 bits per heavy atom. The van der Waals surface area contributed by atoms with Crippen LogP contribution in [0.2, 0.25) is 0 Å². The molecular formula is C14H13N3O3S. The first-order valence-corrected chi connectivity index (χ1v) is 6.93. The molecule has 1 amide bonds. The summed E-state index contributed by atoms with van der Waals surface area (Å²) in [6.07, 6.45) is 0.432. The molecule has 0 atom stereocenters. The largest absolute Gasteiger partial charge is 0.440 e. The number of benzene rings is 1. The number of nitrogens with one attached hydrogen (secondary N) is 3. The van der Waals surface area contributed by atoms with E-state index in [1.54, 1.807) is 18.2 Å². The summed E-state index contributed by atoms with van der Waals surface area (Å²) in [4.78, 5) is 29.1. The van der Waals surface area contributed by atoms with E-state index in [4.69, 9.17) is 17.0 Å². The molecule has 2 heterocycles. The van der Waals surface area contributed by atoms with E-state index in [2.05, 4.69) is 15.3 Å². The minimum Gasteiger partial charge on any atom is -0.440 e. The Labute approximate surface area is 125 Å². The minimum absolute atomic E-state index is 0.159. The van der Waals surface area contributed by atoms with Gasteiger partial charge in [0.2, 0.25) is 5.88 Å². The van der Waals surface area contributed by atoms with Crippen molar-refractivity contribution in [2.24, 2.45) is 0 Å². The summed E-state index contributed by atoms with van der Waals surface area (Å²) in [5.74, 6) is 0.736. The van der Waals surface area contributed by atoms with Crippen LogP contribution in [-0.2, 0) is 6.42 Å². The number of amides is 1. The van der Waals surface area contributed by atoms with E-state index in [-0.39, 0.29) is 16.2 Å².